The van der Waals surface area contributed by atoms with Crippen LogP contribution in [0.4, 0.5) is 0 Å². The summed E-state index contributed by atoms with van der Waals surface area (Å²) in [4.78, 5) is 2.52. The van der Waals surface area contributed by atoms with Gasteiger partial charge in [-0.05, 0) is 63.4 Å². The van der Waals surface area contributed by atoms with Crippen LogP contribution in [0.5, 0.6) is 11.5 Å². The Bertz CT molecular complexity index is 817. The van der Waals surface area contributed by atoms with Crippen molar-refractivity contribution in [3.8, 4) is 11.5 Å². The van der Waals surface area contributed by atoms with E-state index in [-0.39, 0.29) is 30.0 Å². The van der Waals surface area contributed by atoms with Gasteiger partial charge in [0, 0.05) is 24.5 Å². The first-order valence-corrected chi connectivity index (χ1v) is 11.1. The Hall–Kier alpha value is -1.31. The van der Waals surface area contributed by atoms with E-state index < -0.39 is 10.0 Å². The molecule has 1 aromatic rings. The SMILES string of the molecule is CC(C)S(=O)(=O)N1C[C@@H](c2ccc3c(c2)OCO3)[C@@H]2[C@H]1C1CCN2CC1. The fraction of sp³-hybridized carbons (Fsp3) is 0.684. The molecule has 0 unspecified atom stereocenters. The summed E-state index contributed by atoms with van der Waals surface area (Å²) in [6, 6.07) is 6.49. The van der Waals surface area contributed by atoms with E-state index in [9.17, 15) is 8.42 Å². The van der Waals surface area contributed by atoms with Gasteiger partial charge in [0.15, 0.2) is 11.5 Å². The van der Waals surface area contributed by atoms with Crippen LogP contribution in [-0.2, 0) is 10.0 Å². The lowest BCUT2D eigenvalue weighted by molar-refractivity contribution is 0.0121. The first-order valence-electron chi connectivity index (χ1n) is 9.61. The van der Waals surface area contributed by atoms with Gasteiger partial charge in [-0.1, -0.05) is 6.07 Å². The van der Waals surface area contributed by atoms with Crippen molar-refractivity contribution in [1.82, 2.24) is 9.21 Å². The minimum Gasteiger partial charge on any atom is -0.454 e. The number of benzene rings is 1. The minimum atomic E-state index is -3.27. The average Bonchev–Trinajstić information content (AvgIpc) is 3.27. The molecule has 6 rings (SSSR count). The molecule has 3 atom stereocenters. The smallest absolute Gasteiger partial charge is 0.231 e. The lowest BCUT2D eigenvalue weighted by atomic mass is 9.75. The van der Waals surface area contributed by atoms with Crippen LogP contribution < -0.4 is 9.47 Å². The molecule has 4 saturated heterocycles. The molecular weight excluding hydrogens is 352 g/mol. The number of piperidine rings is 3. The number of hydrogen-bond donors (Lipinski definition) is 0. The van der Waals surface area contributed by atoms with Crippen molar-refractivity contribution in [2.75, 3.05) is 26.4 Å². The van der Waals surface area contributed by atoms with Crippen LogP contribution in [0.15, 0.2) is 18.2 Å². The number of sulfonamides is 1. The molecule has 5 aliphatic rings. The Morgan fingerprint density at radius 1 is 1.08 bits per heavy atom. The van der Waals surface area contributed by atoms with Crippen molar-refractivity contribution < 1.29 is 17.9 Å². The summed E-state index contributed by atoms with van der Waals surface area (Å²) in [6.45, 7) is 6.59. The van der Waals surface area contributed by atoms with E-state index in [1.54, 1.807) is 13.8 Å². The molecule has 0 saturated carbocycles. The molecule has 2 bridgehead atoms. The summed E-state index contributed by atoms with van der Waals surface area (Å²) in [5.74, 6) is 2.23. The van der Waals surface area contributed by atoms with Gasteiger partial charge in [-0.3, -0.25) is 4.90 Å². The highest BCUT2D eigenvalue weighted by Gasteiger charge is 2.56. The molecule has 6 nitrogen and oxygen atoms in total. The normalized spacial score (nSPS) is 35.9. The monoisotopic (exact) mass is 378 g/mol. The minimum absolute atomic E-state index is 0.111. The molecule has 26 heavy (non-hydrogen) atoms. The average molecular weight is 378 g/mol. The van der Waals surface area contributed by atoms with Crippen molar-refractivity contribution in [3.05, 3.63) is 23.8 Å². The zero-order chi connectivity index (χ0) is 18.1. The van der Waals surface area contributed by atoms with Crippen molar-refractivity contribution in [1.29, 1.82) is 0 Å². The lowest BCUT2D eigenvalue weighted by Gasteiger charge is -2.51. The van der Waals surface area contributed by atoms with Gasteiger partial charge in [-0.15, -0.1) is 0 Å². The molecular formula is C19H26N2O4S. The second-order valence-electron chi connectivity index (χ2n) is 8.24. The van der Waals surface area contributed by atoms with Crippen LogP contribution >= 0.6 is 0 Å². The van der Waals surface area contributed by atoms with Crippen LogP contribution in [-0.4, -0.2) is 61.4 Å². The number of hydrogen-bond acceptors (Lipinski definition) is 5. The third-order valence-electron chi connectivity index (χ3n) is 6.70. The molecule has 4 fully saturated rings. The number of rotatable bonds is 3. The van der Waals surface area contributed by atoms with E-state index in [2.05, 4.69) is 17.0 Å². The first-order chi connectivity index (χ1) is 12.5. The number of nitrogens with zero attached hydrogens (tertiary/aromatic N) is 2. The topological polar surface area (TPSA) is 59.1 Å². The van der Waals surface area contributed by atoms with Crippen molar-refractivity contribution in [2.24, 2.45) is 5.92 Å². The van der Waals surface area contributed by atoms with Gasteiger partial charge in [0.05, 0.1) is 5.25 Å². The lowest BCUT2D eigenvalue weighted by Crippen LogP contribution is -2.61. The summed E-state index contributed by atoms with van der Waals surface area (Å²) in [7, 11) is -3.27. The Morgan fingerprint density at radius 2 is 1.81 bits per heavy atom. The predicted molar refractivity (Wildman–Crippen MR) is 97.9 cm³/mol. The number of fused-ring (bicyclic) bond motifs is 3. The molecule has 0 amide bonds. The maximum Gasteiger partial charge on any atom is 0.231 e. The summed E-state index contributed by atoms with van der Waals surface area (Å²) >= 11 is 0. The fourth-order valence-electron chi connectivity index (χ4n) is 5.37. The fourth-order valence-corrected chi connectivity index (χ4v) is 6.91. The van der Waals surface area contributed by atoms with Gasteiger partial charge >= 0.3 is 0 Å². The largest absolute Gasteiger partial charge is 0.454 e. The van der Waals surface area contributed by atoms with E-state index >= 15 is 0 Å². The van der Waals surface area contributed by atoms with Gasteiger partial charge in [0.1, 0.15) is 0 Å². The predicted octanol–water partition coefficient (Wildman–Crippen LogP) is 2.02. The quantitative estimate of drug-likeness (QED) is 0.805. The van der Waals surface area contributed by atoms with E-state index in [0.717, 1.165) is 37.4 Å². The Balaban J connectivity index is 1.56. The Kier molecular flexibility index (Phi) is 3.78. The highest BCUT2D eigenvalue weighted by Crippen LogP contribution is 2.49. The van der Waals surface area contributed by atoms with Gasteiger partial charge < -0.3 is 9.47 Å². The maximum absolute atomic E-state index is 13.1. The number of ether oxygens (including phenoxy) is 2. The third kappa shape index (κ3) is 2.33. The van der Waals surface area contributed by atoms with Crippen LogP contribution in [0.1, 0.15) is 38.2 Å². The van der Waals surface area contributed by atoms with Crippen LogP contribution in [0, 0.1) is 5.92 Å². The van der Waals surface area contributed by atoms with Gasteiger partial charge in [0.25, 0.3) is 0 Å². The van der Waals surface area contributed by atoms with Crippen molar-refractivity contribution >= 4 is 10.0 Å². The summed E-state index contributed by atoms with van der Waals surface area (Å²) in [5, 5.41) is -0.380. The summed E-state index contributed by atoms with van der Waals surface area (Å²) in [5.41, 5.74) is 1.17. The van der Waals surface area contributed by atoms with E-state index in [1.165, 1.54) is 5.56 Å². The Morgan fingerprint density at radius 3 is 2.54 bits per heavy atom. The van der Waals surface area contributed by atoms with Gasteiger partial charge in [-0.25, -0.2) is 8.42 Å². The highest BCUT2D eigenvalue weighted by molar-refractivity contribution is 7.89. The van der Waals surface area contributed by atoms with Crippen LogP contribution in [0.3, 0.4) is 0 Å². The van der Waals surface area contributed by atoms with Gasteiger partial charge in [0.2, 0.25) is 16.8 Å². The highest BCUT2D eigenvalue weighted by atomic mass is 32.2. The molecule has 5 aliphatic heterocycles. The zero-order valence-electron chi connectivity index (χ0n) is 15.3. The molecule has 142 valence electrons. The zero-order valence-corrected chi connectivity index (χ0v) is 16.1. The van der Waals surface area contributed by atoms with Crippen LogP contribution in [0.2, 0.25) is 0 Å². The van der Waals surface area contributed by atoms with Crippen molar-refractivity contribution in [2.45, 2.75) is 49.9 Å². The summed E-state index contributed by atoms with van der Waals surface area (Å²) < 4.78 is 39.0. The molecule has 0 spiro atoms. The first kappa shape index (κ1) is 16.8. The second kappa shape index (κ2) is 5.84. The van der Waals surface area contributed by atoms with E-state index in [1.807, 2.05) is 10.4 Å². The standard InChI is InChI=1S/C19H26N2O4S/c1-12(2)26(22,23)21-10-15(14-3-4-16-17(9-14)25-11-24-16)19-18(21)13-5-7-20(19)8-6-13/h3-4,9,12-13,15,18-19H,5-8,10-11H2,1-2H3/t15-,18+,19+/m0/s1. The molecule has 0 N–H and O–H groups in total. The molecule has 0 radical (unpaired) electrons. The van der Waals surface area contributed by atoms with E-state index in [0.29, 0.717) is 12.5 Å². The second-order valence-corrected chi connectivity index (χ2v) is 10.7. The summed E-state index contributed by atoms with van der Waals surface area (Å²) in [6.07, 6.45) is 2.22. The molecule has 0 aromatic heterocycles. The molecule has 7 heteroatoms. The van der Waals surface area contributed by atoms with Gasteiger partial charge in [-0.2, -0.15) is 4.31 Å². The third-order valence-corrected chi connectivity index (χ3v) is 8.94. The maximum atomic E-state index is 13.1. The Labute approximate surface area is 155 Å². The molecule has 0 aliphatic carbocycles. The van der Waals surface area contributed by atoms with Crippen molar-refractivity contribution in [3.63, 3.8) is 0 Å². The molecule has 5 heterocycles. The van der Waals surface area contributed by atoms with Crippen LogP contribution in [0.25, 0.3) is 0 Å². The van der Waals surface area contributed by atoms with E-state index in [4.69, 9.17) is 9.47 Å². The molecule has 1 aromatic carbocycles.